The molecule has 0 bridgehead atoms. The van der Waals surface area contributed by atoms with E-state index in [2.05, 4.69) is 5.48 Å². The van der Waals surface area contributed by atoms with E-state index in [0.29, 0.717) is 31.6 Å². The second kappa shape index (κ2) is 6.77. The Balaban J connectivity index is 1.77. The van der Waals surface area contributed by atoms with Gasteiger partial charge in [0.05, 0.1) is 24.0 Å². The number of amides is 1. The molecule has 1 saturated carbocycles. The first-order valence-electron chi connectivity index (χ1n) is 9.73. The number of rotatable bonds is 5. The molecule has 1 aromatic carbocycles. The van der Waals surface area contributed by atoms with E-state index < -0.39 is 32.7 Å². The number of nitrogens with zero attached hydrogens (tertiary/aromatic N) is 2. The number of pyridine rings is 1. The van der Waals surface area contributed by atoms with Crippen LogP contribution in [0.25, 0.3) is 10.9 Å². The molecule has 12 heteroatoms. The van der Waals surface area contributed by atoms with E-state index in [4.69, 9.17) is 10.6 Å². The Morgan fingerprint density at radius 2 is 2.06 bits per heavy atom. The van der Waals surface area contributed by atoms with Crippen molar-refractivity contribution in [3.05, 3.63) is 45.6 Å². The van der Waals surface area contributed by atoms with E-state index in [1.165, 1.54) is 17.7 Å². The molecule has 1 aliphatic carbocycles. The number of nitrogens with one attached hydrogen (secondary N) is 2. The first kappa shape index (κ1) is 20.0. The summed E-state index contributed by atoms with van der Waals surface area (Å²) < 4.78 is 43.7. The number of carbonyl (C=O) groups excluding carboxylic acids is 1. The number of fused-ring (bicyclic) bond motifs is 2. The number of hydroxylamine groups is 1. The highest BCUT2D eigenvalue weighted by atomic mass is 32.2. The molecule has 1 fully saturated rings. The number of aromatic nitrogens is 1. The third-order valence-electron chi connectivity index (χ3n) is 5.82. The Bertz CT molecular complexity index is 1330. The summed E-state index contributed by atoms with van der Waals surface area (Å²) in [6.45, 7) is 0.682. The number of anilines is 1. The van der Waals surface area contributed by atoms with Gasteiger partial charge in [0.15, 0.2) is 5.03 Å². The molecule has 5 rings (SSSR count). The lowest BCUT2D eigenvalue weighted by molar-refractivity contribution is 0.0983. The predicted molar refractivity (Wildman–Crippen MR) is 109 cm³/mol. The molecule has 3 heterocycles. The number of benzene rings is 1. The molecule has 10 nitrogen and oxygen atoms in total. The van der Waals surface area contributed by atoms with Gasteiger partial charge in [0, 0.05) is 36.6 Å². The normalized spacial score (nSPS) is 21.9. The van der Waals surface area contributed by atoms with Crippen LogP contribution in [0.1, 0.15) is 29.2 Å². The Morgan fingerprint density at radius 3 is 2.71 bits per heavy atom. The van der Waals surface area contributed by atoms with Crippen LogP contribution in [0.4, 0.5) is 10.1 Å². The summed E-state index contributed by atoms with van der Waals surface area (Å²) in [5, 5.41) is -0.374. The standard InChI is InChI=1S/C19H20FN5O5S/c1-30-22-13-8-24(7-9(13)6-21)15-5-14-11(4-12(15)20)17(26)16-18(27)23-31(28,29)19(16)25(14)10-2-3-10/h4-5,8-10,22H,2-3,6-7,21H2,1H3,(H,23,27). The first-order valence-corrected chi connectivity index (χ1v) is 11.2. The zero-order valence-electron chi connectivity index (χ0n) is 16.5. The third kappa shape index (κ3) is 2.93. The van der Waals surface area contributed by atoms with Crippen LogP contribution < -0.4 is 26.3 Å². The Hall–Kier alpha value is -2.96. The smallest absolute Gasteiger partial charge is 0.280 e. The van der Waals surface area contributed by atoms with E-state index in [1.54, 1.807) is 11.1 Å². The lowest BCUT2D eigenvalue weighted by atomic mass is 10.1. The number of carbonyl (C=O) groups is 1. The van der Waals surface area contributed by atoms with Crippen molar-refractivity contribution in [3.8, 4) is 0 Å². The van der Waals surface area contributed by atoms with Crippen LogP contribution in [0.2, 0.25) is 0 Å². The Morgan fingerprint density at radius 1 is 1.32 bits per heavy atom. The average Bonchev–Trinajstić information content (AvgIpc) is 3.42. The summed E-state index contributed by atoms with van der Waals surface area (Å²) in [6, 6.07) is 2.34. The molecule has 164 valence electrons. The van der Waals surface area contributed by atoms with E-state index in [0.717, 1.165) is 6.07 Å². The van der Waals surface area contributed by atoms with Gasteiger partial charge >= 0.3 is 0 Å². The minimum Gasteiger partial charge on any atom is -0.343 e. The van der Waals surface area contributed by atoms with Gasteiger partial charge in [-0.25, -0.2) is 9.11 Å². The molecule has 0 saturated heterocycles. The van der Waals surface area contributed by atoms with Crippen LogP contribution in [0.5, 0.6) is 0 Å². The van der Waals surface area contributed by atoms with Gasteiger partial charge < -0.3 is 15.2 Å². The summed E-state index contributed by atoms with van der Waals surface area (Å²) in [6.07, 6.45) is 3.06. The van der Waals surface area contributed by atoms with Crippen LogP contribution in [0.3, 0.4) is 0 Å². The molecule has 1 amide bonds. The molecule has 2 aromatic rings. The number of sulfonamides is 1. The lowest BCUT2D eigenvalue weighted by Crippen LogP contribution is -2.27. The molecular weight excluding hydrogens is 429 g/mol. The van der Waals surface area contributed by atoms with Crippen LogP contribution >= 0.6 is 0 Å². The molecule has 3 aliphatic rings. The van der Waals surface area contributed by atoms with Gasteiger partial charge in [0.2, 0.25) is 5.43 Å². The molecular formula is C19H20FN5O5S. The quantitative estimate of drug-likeness (QED) is 0.555. The van der Waals surface area contributed by atoms with Crippen LogP contribution in [0, 0.1) is 11.7 Å². The van der Waals surface area contributed by atoms with Crippen molar-refractivity contribution in [2.24, 2.45) is 11.7 Å². The maximum absolute atomic E-state index is 15.1. The summed E-state index contributed by atoms with van der Waals surface area (Å²) in [7, 11) is -2.72. The van der Waals surface area contributed by atoms with Gasteiger partial charge in [0.25, 0.3) is 15.9 Å². The van der Waals surface area contributed by atoms with Crippen molar-refractivity contribution in [1.29, 1.82) is 0 Å². The van der Waals surface area contributed by atoms with Gasteiger partial charge in [-0.3, -0.25) is 19.9 Å². The van der Waals surface area contributed by atoms with Crippen molar-refractivity contribution in [2.45, 2.75) is 23.9 Å². The highest BCUT2D eigenvalue weighted by Crippen LogP contribution is 2.42. The minimum absolute atomic E-state index is 0.0343. The van der Waals surface area contributed by atoms with Gasteiger partial charge in [0.1, 0.15) is 11.4 Å². The van der Waals surface area contributed by atoms with Crippen molar-refractivity contribution >= 4 is 32.5 Å². The van der Waals surface area contributed by atoms with Crippen molar-refractivity contribution in [1.82, 2.24) is 14.8 Å². The zero-order chi connectivity index (χ0) is 22.1. The largest absolute Gasteiger partial charge is 0.343 e. The average molecular weight is 449 g/mol. The number of hydrogen-bond acceptors (Lipinski definition) is 8. The van der Waals surface area contributed by atoms with E-state index >= 15 is 4.39 Å². The van der Waals surface area contributed by atoms with E-state index in [1.807, 2.05) is 4.72 Å². The lowest BCUT2D eigenvalue weighted by Gasteiger charge is -2.21. The van der Waals surface area contributed by atoms with Gasteiger partial charge in [-0.2, -0.15) is 8.42 Å². The molecule has 1 aromatic heterocycles. The SMILES string of the molecule is CONC1=CN(c2cc3c(cc2F)c(=O)c2c(n3C3CC3)S(=O)(=O)NC2=O)CC1CN. The number of halogens is 1. The van der Waals surface area contributed by atoms with Gasteiger partial charge in [-0.1, -0.05) is 0 Å². The van der Waals surface area contributed by atoms with Crippen molar-refractivity contribution in [3.63, 3.8) is 0 Å². The molecule has 1 atom stereocenters. The fourth-order valence-electron chi connectivity index (χ4n) is 4.25. The first-order chi connectivity index (χ1) is 14.8. The minimum atomic E-state index is -4.17. The Labute approximate surface area is 176 Å². The highest BCUT2D eigenvalue weighted by molar-refractivity contribution is 7.90. The number of nitrogens with two attached hydrogens (primary N) is 1. The molecule has 1 unspecified atom stereocenters. The molecule has 2 aliphatic heterocycles. The molecule has 0 spiro atoms. The zero-order valence-corrected chi connectivity index (χ0v) is 17.3. The van der Waals surface area contributed by atoms with Crippen LogP contribution in [-0.2, 0) is 14.9 Å². The van der Waals surface area contributed by atoms with Gasteiger partial charge in [-0.05, 0) is 25.0 Å². The van der Waals surface area contributed by atoms with Crippen LogP contribution in [-0.4, -0.2) is 39.1 Å². The summed E-state index contributed by atoms with van der Waals surface area (Å²) in [4.78, 5) is 31.8. The van der Waals surface area contributed by atoms with Crippen molar-refractivity contribution < 1.29 is 22.4 Å². The highest BCUT2D eigenvalue weighted by Gasteiger charge is 2.42. The molecule has 0 radical (unpaired) electrons. The van der Waals surface area contributed by atoms with Gasteiger partial charge in [-0.15, -0.1) is 0 Å². The molecule has 4 N–H and O–H groups in total. The number of hydrogen-bond donors (Lipinski definition) is 3. The monoisotopic (exact) mass is 449 g/mol. The topological polar surface area (TPSA) is 136 Å². The fraction of sp³-hybridized carbons (Fsp3) is 0.368. The fourth-order valence-corrected chi connectivity index (χ4v) is 5.66. The second-order valence-corrected chi connectivity index (χ2v) is 9.44. The maximum atomic E-state index is 15.1. The summed E-state index contributed by atoms with van der Waals surface area (Å²) in [5.41, 5.74) is 8.41. The summed E-state index contributed by atoms with van der Waals surface area (Å²) >= 11 is 0. The third-order valence-corrected chi connectivity index (χ3v) is 7.18. The summed E-state index contributed by atoms with van der Waals surface area (Å²) in [5.74, 6) is -1.77. The van der Waals surface area contributed by atoms with Crippen molar-refractivity contribution in [2.75, 3.05) is 25.1 Å². The Kier molecular flexibility index (Phi) is 4.36. The second-order valence-electron chi connectivity index (χ2n) is 7.84. The maximum Gasteiger partial charge on any atom is 0.280 e. The van der Waals surface area contributed by atoms with E-state index in [-0.39, 0.29) is 33.6 Å². The van der Waals surface area contributed by atoms with E-state index in [9.17, 15) is 18.0 Å². The predicted octanol–water partition coefficient (Wildman–Crippen LogP) is 0.295. The van der Waals surface area contributed by atoms with Crippen LogP contribution in [0.15, 0.2) is 33.9 Å². The molecule has 31 heavy (non-hydrogen) atoms.